The molecule has 1 atom stereocenters. The summed E-state index contributed by atoms with van der Waals surface area (Å²) in [4.78, 5) is 12.2. The van der Waals surface area contributed by atoms with E-state index < -0.39 is 6.10 Å². The molecule has 3 N–H and O–H groups in total. The average Bonchev–Trinajstić information content (AvgIpc) is 3.35. The fraction of sp³-hybridized carbons (Fsp3) is 0.588. The lowest BCUT2D eigenvalue weighted by molar-refractivity contribution is -0.126. The quantitative estimate of drug-likeness (QED) is 0.771. The summed E-state index contributed by atoms with van der Waals surface area (Å²) in [5.74, 6) is 0.291. The van der Waals surface area contributed by atoms with E-state index in [4.69, 9.17) is 0 Å². The van der Waals surface area contributed by atoms with E-state index in [0.717, 1.165) is 44.3 Å². The minimum Gasteiger partial charge on any atom is -0.388 e. The van der Waals surface area contributed by atoms with Crippen molar-refractivity contribution >= 4 is 5.91 Å². The van der Waals surface area contributed by atoms with Crippen molar-refractivity contribution < 1.29 is 9.90 Å². The van der Waals surface area contributed by atoms with E-state index in [1.54, 1.807) is 0 Å². The number of amides is 1. The molecule has 21 heavy (non-hydrogen) atoms. The van der Waals surface area contributed by atoms with Gasteiger partial charge in [-0.2, -0.15) is 0 Å². The average molecular weight is 288 g/mol. The van der Waals surface area contributed by atoms with E-state index in [-0.39, 0.29) is 17.2 Å². The molecule has 1 aliphatic carbocycles. The summed E-state index contributed by atoms with van der Waals surface area (Å²) in [6, 6.07) is 9.76. The Balaban J connectivity index is 1.55. The molecule has 1 aliphatic heterocycles. The molecule has 1 amide bonds. The van der Waals surface area contributed by atoms with E-state index in [9.17, 15) is 9.90 Å². The second kappa shape index (κ2) is 6.16. The molecular formula is C17H24N2O2. The Morgan fingerprint density at radius 3 is 2.57 bits per heavy atom. The number of nitrogens with one attached hydrogen (secondary N) is 2. The molecule has 1 aromatic carbocycles. The van der Waals surface area contributed by atoms with Crippen LogP contribution >= 0.6 is 0 Å². The van der Waals surface area contributed by atoms with Gasteiger partial charge in [-0.15, -0.1) is 0 Å². The van der Waals surface area contributed by atoms with E-state index >= 15 is 0 Å². The summed E-state index contributed by atoms with van der Waals surface area (Å²) in [5, 5.41) is 16.9. The highest BCUT2D eigenvalue weighted by atomic mass is 16.3. The molecule has 114 valence electrons. The van der Waals surface area contributed by atoms with Gasteiger partial charge in [0.1, 0.15) is 0 Å². The van der Waals surface area contributed by atoms with E-state index in [2.05, 4.69) is 10.6 Å². The number of hydrogen-bond donors (Lipinski definition) is 3. The fourth-order valence-corrected chi connectivity index (χ4v) is 3.19. The highest BCUT2D eigenvalue weighted by molar-refractivity contribution is 5.78. The number of benzene rings is 1. The van der Waals surface area contributed by atoms with Gasteiger partial charge in [-0.25, -0.2) is 0 Å². The Bertz CT molecular complexity index is 479. The maximum absolute atomic E-state index is 12.2. The van der Waals surface area contributed by atoms with Crippen molar-refractivity contribution in [2.24, 2.45) is 11.3 Å². The fourth-order valence-electron chi connectivity index (χ4n) is 3.19. The monoisotopic (exact) mass is 288 g/mol. The normalized spacial score (nSPS) is 22.5. The number of rotatable bonds is 5. The van der Waals surface area contributed by atoms with Crippen LogP contribution in [0.25, 0.3) is 0 Å². The van der Waals surface area contributed by atoms with Crippen LogP contribution in [0.1, 0.15) is 37.4 Å². The van der Waals surface area contributed by atoms with Gasteiger partial charge in [0.15, 0.2) is 0 Å². The Labute approximate surface area is 125 Å². The van der Waals surface area contributed by atoms with Gasteiger partial charge >= 0.3 is 0 Å². The first-order valence-corrected chi connectivity index (χ1v) is 7.93. The topological polar surface area (TPSA) is 61.4 Å². The number of aliphatic hydroxyl groups excluding tert-OH is 1. The number of carbonyl (C=O) groups excluding carboxylic acids is 1. The molecule has 4 heteroatoms. The van der Waals surface area contributed by atoms with Gasteiger partial charge in [-0.3, -0.25) is 4.79 Å². The van der Waals surface area contributed by atoms with Crippen LogP contribution in [0.15, 0.2) is 30.3 Å². The molecule has 1 saturated heterocycles. The number of piperidine rings is 1. The van der Waals surface area contributed by atoms with Crippen LogP contribution in [0.4, 0.5) is 0 Å². The lowest BCUT2D eigenvalue weighted by Crippen LogP contribution is -2.41. The van der Waals surface area contributed by atoms with Crippen molar-refractivity contribution in [3.05, 3.63) is 35.9 Å². The van der Waals surface area contributed by atoms with Crippen LogP contribution < -0.4 is 10.6 Å². The molecular weight excluding hydrogens is 264 g/mol. The summed E-state index contributed by atoms with van der Waals surface area (Å²) < 4.78 is 0. The van der Waals surface area contributed by atoms with Crippen molar-refractivity contribution in [2.45, 2.75) is 31.8 Å². The van der Waals surface area contributed by atoms with Gasteiger partial charge in [-0.1, -0.05) is 30.3 Å². The van der Waals surface area contributed by atoms with Crippen molar-refractivity contribution in [1.82, 2.24) is 10.6 Å². The third kappa shape index (κ3) is 3.27. The van der Waals surface area contributed by atoms with Crippen molar-refractivity contribution in [2.75, 3.05) is 19.6 Å². The smallest absolute Gasteiger partial charge is 0.223 e. The summed E-state index contributed by atoms with van der Waals surface area (Å²) >= 11 is 0. The molecule has 1 saturated carbocycles. The SMILES string of the molecule is O=C(NCC1(C(O)c2ccccc2)CC1)C1CCNCC1. The van der Waals surface area contributed by atoms with Crippen LogP contribution in [0.5, 0.6) is 0 Å². The molecule has 1 aromatic rings. The Hall–Kier alpha value is -1.39. The van der Waals surface area contributed by atoms with Crippen molar-refractivity contribution in [3.63, 3.8) is 0 Å². The predicted octanol–water partition coefficient (Wildman–Crippen LogP) is 1.62. The molecule has 2 aliphatic rings. The number of hydrogen-bond acceptors (Lipinski definition) is 3. The Kier molecular flexibility index (Phi) is 4.27. The van der Waals surface area contributed by atoms with Gasteiger partial charge in [-0.05, 0) is 44.3 Å². The van der Waals surface area contributed by atoms with Crippen LogP contribution in [0.2, 0.25) is 0 Å². The first-order valence-electron chi connectivity index (χ1n) is 7.93. The Morgan fingerprint density at radius 1 is 1.29 bits per heavy atom. The third-order valence-electron chi connectivity index (χ3n) is 4.91. The van der Waals surface area contributed by atoms with Crippen LogP contribution in [0, 0.1) is 11.3 Å². The highest BCUT2D eigenvalue weighted by Crippen LogP contribution is 2.54. The molecule has 2 fully saturated rings. The molecule has 0 bridgehead atoms. The molecule has 0 aromatic heterocycles. The van der Waals surface area contributed by atoms with E-state index in [1.807, 2.05) is 30.3 Å². The van der Waals surface area contributed by atoms with Gasteiger partial charge in [0, 0.05) is 17.9 Å². The minimum atomic E-state index is -0.480. The molecule has 3 rings (SSSR count). The van der Waals surface area contributed by atoms with Crippen LogP contribution in [-0.2, 0) is 4.79 Å². The standard InChI is InChI=1S/C17H24N2O2/c20-15(13-4-2-1-3-5-13)17(8-9-17)12-19-16(21)14-6-10-18-11-7-14/h1-5,14-15,18,20H,6-12H2,(H,19,21). The molecule has 0 radical (unpaired) electrons. The zero-order valence-corrected chi connectivity index (χ0v) is 12.3. The maximum atomic E-state index is 12.2. The number of aliphatic hydroxyl groups is 1. The third-order valence-corrected chi connectivity index (χ3v) is 4.91. The van der Waals surface area contributed by atoms with E-state index in [0.29, 0.717) is 6.54 Å². The van der Waals surface area contributed by atoms with Gasteiger partial charge in [0.05, 0.1) is 6.10 Å². The first-order chi connectivity index (χ1) is 10.2. The maximum Gasteiger partial charge on any atom is 0.223 e. The van der Waals surface area contributed by atoms with Gasteiger partial charge < -0.3 is 15.7 Å². The summed E-state index contributed by atoms with van der Waals surface area (Å²) in [7, 11) is 0. The second-order valence-corrected chi connectivity index (χ2v) is 6.42. The lowest BCUT2D eigenvalue weighted by Gasteiger charge is -2.26. The predicted molar refractivity (Wildman–Crippen MR) is 81.7 cm³/mol. The first kappa shape index (κ1) is 14.5. The van der Waals surface area contributed by atoms with Crippen molar-refractivity contribution in [1.29, 1.82) is 0 Å². The molecule has 4 nitrogen and oxygen atoms in total. The lowest BCUT2D eigenvalue weighted by atomic mass is 9.92. The molecule has 1 unspecified atom stereocenters. The van der Waals surface area contributed by atoms with Gasteiger partial charge in [0.2, 0.25) is 5.91 Å². The highest BCUT2D eigenvalue weighted by Gasteiger charge is 2.49. The van der Waals surface area contributed by atoms with E-state index in [1.165, 1.54) is 0 Å². The van der Waals surface area contributed by atoms with Gasteiger partial charge in [0.25, 0.3) is 0 Å². The zero-order chi connectivity index (χ0) is 14.7. The summed E-state index contributed by atoms with van der Waals surface area (Å²) in [6.07, 6.45) is 3.32. The summed E-state index contributed by atoms with van der Waals surface area (Å²) in [6.45, 7) is 2.44. The van der Waals surface area contributed by atoms with Crippen LogP contribution in [-0.4, -0.2) is 30.6 Å². The zero-order valence-electron chi connectivity index (χ0n) is 12.3. The van der Waals surface area contributed by atoms with Crippen LogP contribution in [0.3, 0.4) is 0 Å². The molecule has 0 spiro atoms. The molecule has 1 heterocycles. The largest absolute Gasteiger partial charge is 0.388 e. The minimum absolute atomic E-state index is 0.135. The Morgan fingerprint density at radius 2 is 1.95 bits per heavy atom. The van der Waals surface area contributed by atoms with Crippen molar-refractivity contribution in [3.8, 4) is 0 Å². The number of carbonyl (C=O) groups is 1. The second-order valence-electron chi connectivity index (χ2n) is 6.42. The summed E-state index contributed by atoms with van der Waals surface area (Å²) in [5.41, 5.74) is 0.801.